The van der Waals surface area contributed by atoms with Crippen LogP contribution in [0.1, 0.15) is 44.7 Å². The van der Waals surface area contributed by atoms with Crippen LogP contribution in [-0.2, 0) is 11.2 Å². The van der Waals surface area contributed by atoms with Crippen molar-refractivity contribution in [2.75, 3.05) is 11.1 Å². The van der Waals surface area contributed by atoms with Crippen LogP contribution in [0.3, 0.4) is 0 Å². The Morgan fingerprint density at radius 2 is 2.11 bits per heavy atom. The van der Waals surface area contributed by atoms with Crippen LogP contribution in [0.25, 0.3) is 0 Å². The SMILES string of the molecule is CCCCSC(C)C(=O)Nc1c(C)cccc1CC. The summed E-state index contributed by atoms with van der Waals surface area (Å²) in [6.07, 6.45) is 3.29. The molecule has 0 spiro atoms. The van der Waals surface area contributed by atoms with Crippen LogP contribution in [0, 0.1) is 6.92 Å². The highest BCUT2D eigenvalue weighted by molar-refractivity contribution is 8.00. The fraction of sp³-hybridized carbons (Fsp3) is 0.562. The molecule has 2 nitrogen and oxygen atoms in total. The lowest BCUT2D eigenvalue weighted by molar-refractivity contribution is -0.115. The molecule has 106 valence electrons. The fourth-order valence-electron chi connectivity index (χ4n) is 1.91. The number of para-hydroxylation sites is 1. The van der Waals surface area contributed by atoms with Gasteiger partial charge in [-0.25, -0.2) is 0 Å². The molecule has 0 aliphatic rings. The molecule has 1 unspecified atom stereocenters. The Morgan fingerprint density at radius 3 is 2.74 bits per heavy atom. The number of nitrogens with one attached hydrogen (secondary N) is 1. The Kier molecular flexibility index (Phi) is 7.00. The highest BCUT2D eigenvalue weighted by atomic mass is 32.2. The predicted molar refractivity (Wildman–Crippen MR) is 86.0 cm³/mol. The van der Waals surface area contributed by atoms with Crippen LogP contribution in [0.2, 0.25) is 0 Å². The van der Waals surface area contributed by atoms with Crippen LogP contribution in [-0.4, -0.2) is 16.9 Å². The number of unbranched alkanes of at least 4 members (excludes halogenated alkanes) is 1. The van der Waals surface area contributed by atoms with E-state index in [0.717, 1.165) is 23.4 Å². The Bertz CT molecular complexity index is 417. The third-order valence-electron chi connectivity index (χ3n) is 3.22. The van der Waals surface area contributed by atoms with Gasteiger partial charge in [0, 0.05) is 5.69 Å². The fourth-order valence-corrected chi connectivity index (χ4v) is 2.93. The van der Waals surface area contributed by atoms with E-state index in [1.807, 2.05) is 26.0 Å². The van der Waals surface area contributed by atoms with Crippen molar-refractivity contribution in [3.8, 4) is 0 Å². The number of carbonyl (C=O) groups excluding carboxylic acids is 1. The Balaban J connectivity index is 2.66. The summed E-state index contributed by atoms with van der Waals surface area (Å²) in [6.45, 7) is 8.32. The highest BCUT2D eigenvalue weighted by Crippen LogP contribution is 2.23. The van der Waals surface area contributed by atoms with Crippen molar-refractivity contribution in [1.29, 1.82) is 0 Å². The molecule has 0 radical (unpaired) electrons. The first kappa shape index (κ1) is 16.1. The second kappa shape index (κ2) is 8.26. The van der Waals surface area contributed by atoms with E-state index in [-0.39, 0.29) is 11.2 Å². The van der Waals surface area contributed by atoms with Gasteiger partial charge in [0.15, 0.2) is 0 Å². The minimum absolute atomic E-state index is 0.0101. The van der Waals surface area contributed by atoms with Gasteiger partial charge in [-0.05, 0) is 43.6 Å². The third-order valence-corrected chi connectivity index (χ3v) is 4.46. The van der Waals surface area contributed by atoms with Crippen LogP contribution in [0.15, 0.2) is 18.2 Å². The van der Waals surface area contributed by atoms with Gasteiger partial charge in [0.25, 0.3) is 0 Å². The molecule has 1 N–H and O–H groups in total. The average Bonchev–Trinajstić information content (AvgIpc) is 2.41. The number of thioether (sulfide) groups is 1. The molecule has 3 heteroatoms. The lowest BCUT2D eigenvalue weighted by Gasteiger charge is -2.16. The first-order valence-electron chi connectivity index (χ1n) is 7.11. The first-order valence-corrected chi connectivity index (χ1v) is 8.16. The van der Waals surface area contributed by atoms with Gasteiger partial charge < -0.3 is 5.32 Å². The normalized spacial score (nSPS) is 12.2. The molecule has 19 heavy (non-hydrogen) atoms. The topological polar surface area (TPSA) is 29.1 Å². The third kappa shape index (κ3) is 4.90. The molecular formula is C16H25NOS. The minimum Gasteiger partial charge on any atom is -0.325 e. The summed E-state index contributed by atoms with van der Waals surface area (Å²) in [6, 6.07) is 6.17. The summed E-state index contributed by atoms with van der Waals surface area (Å²) in [5, 5.41) is 3.11. The van der Waals surface area contributed by atoms with Crippen molar-refractivity contribution in [3.63, 3.8) is 0 Å². The van der Waals surface area contributed by atoms with Crippen molar-refractivity contribution in [2.45, 2.75) is 52.2 Å². The summed E-state index contributed by atoms with van der Waals surface area (Å²) < 4.78 is 0. The molecule has 1 rings (SSSR count). The van der Waals surface area contributed by atoms with E-state index in [4.69, 9.17) is 0 Å². The van der Waals surface area contributed by atoms with Gasteiger partial charge in [-0.2, -0.15) is 0 Å². The number of anilines is 1. The van der Waals surface area contributed by atoms with E-state index in [1.165, 1.54) is 18.4 Å². The van der Waals surface area contributed by atoms with Gasteiger partial charge in [-0.3, -0.25) is 4.79 Å². The summed E-state index contributed by atoms with van der Waals surface area (Å²) in [7, 11) is 0. The molecule has 1 aromatic carbocycles. The van der Waals surface area contributed by atoms with Gasteiger partial charge >= 0.3 is 0 Å². The maximum absolute atomic E-state index is 12.2. The van der Waals surface area contributed by atoms with Crippen molar-refractivity contribution in [3.05, 3.63) is 29.3 Å². The maximum atomic E-state index is 12.2. The Labute approximate surface area is 121 Å². The van der Waals surface area contributed by atoms with Crippen molar-refractivity contribution in [1.82, 2.24) is 0 Å². The van der Waals surface area contributed by atoms with Crippen LogP contribution >= 0.6 is 11.8 Å². The lowest BCUT2D eigenvalue weighted by atomic mass is 10.1. The van der Waals surface area contributed by atoms with Crippen LogP contribution in [0.4, 0.5) is 5.69 Å². The summed E-state index contributed by atoms with van der Waals surface area (Å²) in [5.41, 5.74) is 3.34. The second-order valence-corrected chi connectivity index (χ2v) is 6.27. The smallest absolute Gasteiger partial charge is 0.237 e. The van der Waals surface area contributed by atoms with Crippen LogP contribution in [0.5, 0.6) is 0 Å². The zero-order valence-electron chi connectivity index (χ0n) is 12.5. The molecular weight excluding hydrogens is 254 g/mol. The molecule has 0 saturated carbocycles. The zero-order valence-corrected chi connectivity index (χ0v) is 13.3. The first-order chi connectivity index (χ1) is 9.10. The molecule has 0 saturated heterocycles. The molecule has 1 atom stereocenters. The van der Waals surface area contributed by atoms with E-state index < -0.39 is 0 Å². The number of rotatable bonds is 7. The van der Waals surface area contributed by atoms with E-state index in [2.05, 4.69) is 25.2 Å². The van der Waals surface area contributed by atoms with Gasteiger partial charge in [-0.15, -0.1) is 11.8 Å². The number of carbonyl (C=O) groups is 1. The molecule has 0 fully saturated rings. The largest absolute Gasteiger partial charge is 0.325 e. The van der Waals surface area contributed by atoms with E-state index in [0.29, 0.717) is 0 Å². The molecule has 0 heterocycles. The Morgan fingerprint density at radius 1 is 1.37 bits per heavy atom. The molecule has 1 aromatic rings. The monoisotopic (exact) mass is 279 g/mol. The number of amides is 1. The summed E-state index contributed by atoms with van der Waals surface area (Å²) >= 11 is 1.74. The van der Waals surface area contributed by atoms with Crippen molar-refractivity contribution >= 4 is 23.4 Å². The number of hydrogen-bond acceptors (Lipinski definition) is 2. The maximum Gasteiger partial charge on any atom is 0.237 e. The number of hydrogen-bond donors (Lipinski definition) is 1. The van der Waals surface area contributed by atoms with Gasteiger partial charge in [-0.1, -0.05) is 38.5 Å². The lowest BCUT2D eigenvalue weighted by Crippen LogP contribution is -2.24. The number of benzene rings is 1. The summed E-state index contributed by atoms with van der Waals surface area (Å²) in [5.74, 6) is 1.17. The second-order valence-electron chi connectivity index (χ2n) is 4.82. The quantitative estimate of drug-likeness (QED) is 0.749. The Hall–Kier alpha value is -0.960. The molecule has 0 bridgehead atoms. The summed E-state index contributed by atoms with van der Waals surface area (Å²) in [4.78, 5) is 12.2. The number of aryl methyl sites for hydroxylation is 2. The van der Waals surface area contributed by atoms with E-state index in [1.54, 1.807) is 11.8 Å². The zero-order chi connectivity index (χ0) is 14.3. The average molecular weight is 279 g/mol. The van der Waals surface area contributed by atoms with Crippen LogP contribution < -0.4 is 5.32 Å². The van der Waals surface area contributed by atoms with Gasteiger partial charge in [0.2, 0.25) is 5.91 Å². The standard InChI is InChI=1S/C16H25NOS/c1-5-7-11-19-13(4)16(18)17-15-12(3)9-8-10-14(15)6-2/h8-10,13H,5-7,11H2,1-4H3,(H,17,18). The highest BCUT2D eigenvalue weighted by Gasteiger charge is 2.15. The van der Waals surface area contributed by atoms with E-state index in [9.17, 15) is 4.79 Å². The van der Waals surface area contributed by atoms with Gasteiger partial charge in [0.1, 0.15) is 0 Å². The molecule has 0 aromatic heterocycles. The molecule has 0 aliphatic heterocycles. The molecule has 0 aliphatic carbocycles. The predicted octanol–water partition coefficient (Wildman–Crippen LogP) is 4.42. The van der Waals surface area contributed by atoms with Gasteiger partial charge in [0.05, 0.1) is 5.25 Å². The van der Waals surface area contributed by atoms with Crippen molar-refractivity contribution in [2.24, 2.45) is 0 Å². The van der Waals surface area contributed by atoms with Crippen molar-refractivity contribution < 1.29 is 4.79 Å². The minimum atomic E-state index is 0.0101. The molecule has 1 amide bonds. The van der Waals surface area contributed by atoms with E-state index >= 15 is 0 Å².